The van der Waals surface area contributed by atoms with Crippen molar-refractivity contribution in [3.63, 3.8) is 0 Å². The van der Waals surface area contributed by atoms with Crippen molar-refractivity contribution in [3.8, 4) is 0 Å². The third-order valence-electron chi connectivity index (χ3n) is 3.00. The number of carbonyl (C=O) groups excluding carboxylic acids is 1. The molecule has 0 aliphatic heterocycles. The molecule has 1 fully saturated rings. The van der Waals surface area contributed by atoms with E-state index in [-0.39, 0.29) is 16.6 Å². The first-order chi connectivity index (χ1) is 8.47. The third kappa shape index (κ3) is 2.61. The summed E-state index contributed by atoms with van der Waals surface area (Å²) in [6.07, 6.45) is 0.756. The first-order valence-electron chi connectivity index (χ1n) is 5.46. The molecule has 0 saturated heterocycles. The van der Waals surface area contributed by atoms with Crippen LogP contribution >= 0.6 is 11.6 Å². The highest BCUT2D eigenvalue weighted by atomic mass is 35.5. The Labute approximate surface area is 108 Å². The van der Waals surface area contributed by atoms with E-state index in [1.807, 2.05) is 0 Å². The van der Waals surface area contributed by atoms with E-state index in [4.69, 9.17) is 16.7 Å². The minimum absolute atomic E-state index is 0.124. The van der Waals surface area contributed by atoms with E-state index < -0.39 is 23.6 Å². The molecule has 1 saturated carbocycles. The third-order valence-corrected chi connectivity index (χ3v) is 3.23. The van der Waals surface area contributed by atoms with Crippen LogP contribution in [0.4, 0.5) is 4.39 Å². The first kappa shape index (κ1) is 12.8. The minimum Gasteiger partial charge on any atom is -0.481 e. The summed E-state index contributed by atoms with van der Waals surface area (Å²) in [7, 11) is 0. The van der Waals surface area contributed by atoms with Crippen molar-refractivity contribution in [1.29, 1.82) is 0 Å². The number of hydrogen-bond donors (Lipinski definition) is 2. The van der Waals surface area contributed by atoms with Crippen molar-refractivity contribution in [2.24, 2.45) is 5.92 Å². The molecule has 0 aromatic heterocycles. The van der Waals surface area contributed by atoms with E-state index in [2.05, 4.69) is 5.32 Å². The Balaban J connectivity index is 1.97. The second-order valence-corrected chi connectivity index (χ2v) is 4.74. The number of nitrogens with one attached hydrogen (secondary N) is 1. The number of amides is 1. The van der Waals surface area contributed by atoms with Gasteiger partial charge in [0.05, 0.1) is 11.5 Å². The molecule has 0 heterocycles. The van der Waals surface area contributed by atoms with Gasteiger partial charge in [-0.3, -0.25) is 9.59 Å². The van der Waals surface area contributed by atoms with Crippen LogP contribution < -0.4 is 5.32 Å². The highest BCUT2D eigenvalue weighted by Gasteiger charge is 2.35. The van der Waals surface area contributed by atoms with Gasteiger partial charge in [-0.25, -0.2) is 4.39 Å². The largest absolute Gasteiger partial charge is 0.481 e. The lowest BCUT2D eigenvalue weighted by atomic mass is 9.80. The van der Waals surface area contributed by atoms with Crippen molar-refractivity contribution in [2.45, 2.75) is 18.9 Å². The van der Waals surface area contributed by atoms with Crippen LogP contribution in [0.25, 0.3) is 0 Å². The zero-order valence-electron chi connectivity index (χ0n) is 9.32. The zero-order chi connectivity index (χ0) is 13.3. The van der Waals surface area contributed by atoms with Crippen molar-refractivity contribution < 1.29 is 19.1 Å². The smallest absolute Gasteiger partial charge is 0.306 e. The summed E-state index contributed by atoms with van der Waals surface area (Å²) in [5.41, 5.74) is -0.124. The van der Waals surface area contributed by atoms with E-state index in [0.29, 0.717) is 12.8 Å². The van der Waals surface area contributed by atoms with Crippen molar-refractivity contribution >= 4 is 23.5 Å². The molecule has 0 spiro atoms. The maximum Gasteiger partial charge on any atom is 0.306 e. The molecule has 0 unspecified atom stereocenters. The van der Waals surface area contributed by atoms with Crippen LogP contribution in [-0.4, -0.2) is 23.0 Å². The van der Waals surface area contributed by atoms with Crippen LogP contribution in [0, 0.1) is 11.7 Å². The Kier molecular flexibility index (Phi) is 3.52. The summed E-state index contributed by atoms with van der Waals surface area (Å²) < 4.78 is 13.4. The highest BCUT2D eigenvalue weighted by molar-refractivity contribution is 6.31. The summed E-state index contributed by atoms with van der Waals surface area (Å²) in [4.78, 5) is 22.3. The van der Waals surface area contributed by atoms with Gasteiger partial charge >= 0.3 is 5.97 Å². The molecule has 2 rings (SSSR count). The number of hydrogen-bond acceptors (Lipinski definition) is 2. The average molecular weight is 272 g/mol. The van der Waals surface area contributed by atoms with E-state index in [1.165, 1.54) is 12.1 Å². The van der Waals surface area contributed by atoms with Gasteiger partial charge in [-0.15, -0.1) is 0 Å². The monoisotopic (exact) mass is 271 g/mol. The van der Waals surface area contributed by atoms with Gasteiger partial charge in [0.1, 0.15) is 5.82 Å². The van der Waals surface area contributed by atoms with Gasteiger partial charge in [0.15, 0.2) is 0 Å². The molecule has 18 heavy (non-hydrogen) atoms. The minimum atomic E-state index is -0.866. The van der Waals surface area contributed by atoms with Gasteiger partial charge < -0.3 is 10.4 Å². The maximum absolute atomic E-state index is 13.4. The second kappa shape index (κ2) is 4.94. The number of benzene rings is 1. The van der Waals surface area contributed by atoms with Gasteiger partial charge in [-0.1, -0.05) is 11.6 Å². The Bertz CT molecular complexity index is 500. The van der Waals surface area contributed by atoms with Crippen LogP contribution in [0.3, 0.4) is 0 Å². The van der Waals surface area contributed by atoms with Crippen molar-refractivity contribution in [3.05, 3.63) is 34.6 Å². The molecule has 4 nitrogen and oxygen atoms in total. The molecule has 1 aliphatic carbocycles. The maximum atomic E-state index is 13.4. The molecule has 0 bridgehead atoms. The average Bonchev–Trinajstić information content (AvgIpc) is 2.25. The lowest BCUT2D eigenvalue weighted by molar-refractivity contribution is -0.145. The number of aliphatic carboxylic acids is 1. The van der Waals surface area contributed by atoms with Crippen molar-refractivity contribution in [1.82, 2.24) is 5.32 Å². The highest BCUT2D eigenvalue weighted by Crippen LogP contribution is 2.28. The Hall–Kier alpha value is -1.62. The summed E-state index contributed by atoms with van der Waals surface area (Å²) >= 11 is 5.69. The topological polar surface area (TPSA) is 66.4 Å². The molecule has 96 valence electrons. The lowest BCUT2D eigenvalue weighted by Crippen LogP contribution is -2.46. The summed E-state index contributed by atoms with van der Waals surface area (Å²) in [6, 6.07) is 3.52. The van der Waals surface area contributed by atoms with E-state index >= 15 is 0 Å². The van der Waals surface area contributed by atoms with Crippen LogP contribution in [0.2, 0.25) is 5.02 Å². The molecule has 0 atom stereocenters. The SMILES string of the molecule is O=C(NC1CC(C(=O)O)C1)c1cc(Cl)ccc1F. The van der Waals surface area contributed by atoms with Crippen molar-refractivity contribution in [2.75, 3.05) is 0 Å². The molecule has 1 amide bonds. The predicted octanol–water partition coefficient (Wildman–Crippen LogP) is 2.07. The number of halogens is 2. The quantitative estimate of drug-likeness (QED) is 0.884. The molecule has 0 radical (unpaired) electrons. The summed E-state index contributed by atoms with van der Waals surface area (Å²) in [5.74, 6) is -2.50. The molecular weight excluding hydrogens is 261 g/mol. The van der Waals surface area contributed by atoms with E-state index in [1.54, 1.807) is 0 Å². The van der Waals surface area contributed by atoms with Gasteiger partial charge in [-0.2, -0.15) is 0 Å². The zero-order valence-corrected chi connectivity index (χ0v) is 10.1. The Morgan fingerprint density at radius 1 is 1.39 bits per heavy atom. The fourth-order valence-corrected chi connectivity index (χ4v) is 2.04. The molecular formula is C12H11ClFNO3. The van der Waals surface area contributed by atoms with Crippen LogP contribution in [-0.2, 0) is 4.79 Å². The van der Waals surface area contributed by atoms with Crippen LogP contribution in [0.15, 0.2) is 18.2 Å². The molecule has 6 heteroatoms. The summed E-state index contributed by atoms with van der Waals surface area (Å²) in [6.45, 7) is 0. The van der Waals surface area contributed by atoms with E-state index in [0.717, 1.165) is 6.07 Å². The van der Waals surface area contributed by atoms with Gasteiger partial charge in [0.2, 0.25) is 0 Å². The van der Waals surface area contributed by atoms with Gasteiger partial charge in [-0.05, 0) is 31.0 Å². The number of carboxylic acid groups (broad SMARTS) is 1. The molecule has 1 aromatic rings. The Morgan fingerprint density at radius 2 is 2.06 bits per heavy atom. The second-order valence-electron chi connectivity index (χ2n) is 4.30. The van der Waals surface area contributed by atoms with E-state index in [9.17, 15) is 14.0 Å². The predicted molar refractivity (Wildman–Crippen MR) is 63.0 cm³/mol. The van der Waals surface area contributed by atoms with Gasteiger partial charge in [0.25, 0.3) is 5.91 Å². The van der Waals surface area contributed by atoms with Gasteiger partial charge in [0, 0.05) is 11.1 Å². The standard InChI is InChI=1S/C12H11ClFNO3/c13-7-1-2-10(14)9(5-7)11(16)15-8-3-6(4-8)12(17)18/h1-2,5-6,8H,3-4H2,(H,15,16)(H,17,18). The normalized spacial score (nSPS) is 22.1. The van der Waals surface area contributed by atoms with Crippen LogP contribution in [0.1, 0.15) is 23.2 Å². The van der Waals surface area contributed by atoms with Crippen LogP contribution in [0.5, 0.6) is 0 Å². The summed E-state index contributed by atoms with van der Waals surface area (Å²) in [5, 5.41) is 11.6. The first-order valence-corrected chi connectivity index (χ1v) is 5.84. The fraction of sp³-hybridized carbons (Fsp3) is 0.333. The molecule has 1 aromatic carbocycles. The number of carbonyl (C=O) groups is 2. The number of carboxylic acids is 1. The fourth-order valence-electron chi connectivity index (χ4n) is 1.87. The lowest BCUT2D eigenvalue weighted by Gasteiger charge is -2.32. The Morgan fingerprint density at radius 3 is 2.67 bits per heavy atom. The molecule has 2 N–H and O–H groups in total. The molecule has 1 aliphatic rings. The number of rotatable bonds is 3.